The number of nitrogens with one attached hydrogen (secondary N) is 2. The fraction of sp³-hybridized carbons (Fsp3) is 0.600. The summed E-state index contributed by atoms with van der Waals surface area (Å²) in [5.74, 6) is 1.54. The van der Waals surface area contributed by atoms with Gasteiger partial charge in [-0.1, -0.05) is 13.8 Å². The Hall–Kier alpha value is -0.750. The predicted octanol–water partition coefficient (Wildman–Crippen LogP) is 2.77. The van der Waals surface area contributed by atoms with Gasteiger partial charge in [0.1, 0.15) is 5.75 Å². The van der Waals surface area contributed by atoms with E-state index in [1.54, 1.807) is 19.1 Å². The summed E-state index contributed by atoms with van der Waals surface area (Å²) < 4.78 is 5.17. The van der Waals surface area contributed by atoms with Crippen LogP contribution in [0.5, 0.6) is 5.75 Å². The fourth-order valence-electron chi connectivity index (χ4n) is 1.82. The third kappa shape index (κ3) is 7.14. The maximum absolute atomic E-state index is 5.17. The molecule has 0 unspecified atom stereocenters. The normalized spacial score (nSPS) is 11.3. The van der Waals surface area contributed by atoms with Gasteiger partial charge in [-0.3, -0.25) is 0 Å². The van der Waals surface area contributed by atoms with Crippen molar-refractivity contribution in [2.45, 2.75) is 25.2 Å². The van der Waals surface area contributed by atoms with E-state index in [0.717, 1.165) is 31.8 Å². The maximum atomic E-state index is 5.17. The van der Waals surface area contributed by atoms with E-state index in [0.29, 0.717) is 5.92 Å². The number of ether oxygens (including phenoxy) is 1. The number of hydrogen-bond donors (Lipinski definition) is 2. The first-order valence-corrected chi connectivity index (χ1v) is 7.93. The predicted molar refractivity (Wildman–Crippen MR) is 86.9 cm³/mol. The zero-order chi connectivity index (χ0) is 14.8. The first-order valence-electron chi connectivity index (χ1n) is 7.11. The highest BCUT2D eigenvalue weighted by atomic mass is 32.2. The maximum Gasteiger partial charge on any atom is 0.118 e. The van der Waals surface area contributed by atoms with Gasteiger partial charge in [0.05, 0.1) is 7.11 Å². The second kappa shape index (κ2) is 10.0. The molecular formula is C15H27N3OS. The van der Waals surface area contributed by atoms with E-state index < -0.39 is 0 Å². The van der Waals surface area contributed by atoms with E-state index in [1.807, 2.05) is 19.2 Å². The molecule has 114 valence electrons. The summed E-state index contributed by atoms with van der Waals surface area (Å²) in [5.41, 5.74) is 0. The molecule has 4 nitrogen and oxygen atoms in total. The quantitative estimate of drug-likeness (QED) is 0.394. The number of hydrogen-bond acceptors (Lipinski definition) is 5. The molecule has 0 atom stereocenters. The number of methoxy groups -OCH3 is 1. The molecule has 0 aliphatic heterocycles. The molecule has 0 saturated carbocycles. The third-order valence-corrected chi connectivity index (χ3v) is 3.65. The van der Waals surface area contributed by atoms with E-state index in [-0.39, 0.29) is 0 Å². The van der Waals surface area contributed by atoms with Crippen molar-refractivity contribution in [1.82, 2.24) is 15.2 Å². The molecule has 0 bridgehead atoms. The second-order valence-corrected chi connectivity index (χ2v) is 6.02. The number of rotatable bonds is 10. The molecule has 1 aromatic carbocycles. The van der Waals surface area contributed by atoms with Gasteiger partial charge in [-0.05, 0) is 62.1 Å². The molecule has 0 amide bonds. The highest BCUT2D eigenvalue weighted by Crippen LogP contribution is 2.19. The summed E-state index contributed by atoms with van der Waals surface area (Å²) in [6.45, 7) is 7.62. The average Bonchev–Trinajstić information content (AvgIpc) is 2.45. The van der Waals surface area contributed by atoms with E-state index in [9.17, 15) is 0 Å². The minimum absolute atomic E-state index is 0.647. The topological polar surface area (TPSA) is 36.5 Å². The summed E-state index contributed by atoms with van der Waals surface area (Å²) in [7, 11) is 3.68. The van der Waals surface area contributed by atoms with Crippen LogP contribution in [0.3, 0.4) is 0 Å². The van der Waals surface area contributed by atoms with Crippen LogP contribution in [-0.2, 0) is 0 Å². The van der Waals surface area contributed by atoms with Crippen molar-refractivity contribution in [2.75, 3.05) is 33.8 Å². The van der Waals surface area contributed by atoms with Crippen LogP contribution in [0.1, 0.15) is 20.3 Å². The molecule has 1 aromatic rings. The van der Waals surface area contributed by atoms with Crippen LogP contribution in [0, 0.1) is 5.92 Å². The van der Waals surface area contributed by atoms with E-state index in [1.165, 1.54) is 4.90 Å². The van der Waals surface area contributed by atoms with Crippen LogP contribution in [-0.4, -0.2) is 38.8 Å². The average molecular weight is 297 g/mol. The van der Waals surface area contributed by atoms with Gasteiger partial charge in [-0.25, -0.2) is 5.01 Å². The van der Waals surface area contributed by atoms with E-state index in [4.69, 9.17) is 4.74 Å². The lowest BCUT2D eigenvalue weighted by atomic mass is 10.2. The fourth-order valence-corrected chi connectivity index (χ4v) is 2.50. The highest BCUT2D eigenvalue weighted by molar-refractivity contribution is 7.97. The molecule has 5 heteroatoms. The van der Waals surface area contributed by atoms with Gasteiger partial charge < -0.3 is 10.1 Å². The Kier molecular flexibility index (Phi) is 8.69. The zero-order valence-corrected chi connectivity index (χ0v) is 13.8. The first-order chi connectivity index (χ1) is 9.65. The van der Waals surface area contributed by atoms with Crippen LogP contribution in [0.2, 0.25) is 0 Å². The molecule has 0 aliphatic rings. The molecule has 2 N–H and O–H groups in total. The minimum Gasteiger partial charge on any atom is -0.497 e. The van der Waals surface area contributed by atoms with Gasteiger partial charge in [-0.15, -0.1) is 0 Å². The van der Waals surface area contributed by atoms with Gasteiger partial charge in [0, 0.05) is 18.0 Å². The van der Waals surface area contributed by atoms with Crippen molar-refractivity contribution < 1.29 is 4.74 Å². The van der Waals surface area contributed by atoms with Crippen LogP contribution < -0.4 is 14.9 Å². The van der Waals surface area contributed by atoms with Crippen molar-refractivity contribution in [3.8, 4) is 5.75 Å². The van der Waals surface area contributed by atoms with E-state index >= 15 is 0 Å². The van der Waals surface area contributed by atoms with Crippen molar-refractivity contribution in [3.63, 3.8) is 0 Å². The molecule has 1 rings (SSSR count). The lowest BCUT2D eigenvalue weighted by molar-refractivity contribution is 0.219. The summed E-state index contributed by atoms with van der Waals surface area (Å²) >= 11 is 1.65. The van der Waals surface area contributed by atoms with Gasteiger partial charge in [0.2, 0.25) is 0 Å². The van der Waals surface area contributed by atoms with Gasteiger partial charge in [-0.2, -0.15) is 4.83 Å². The standard InChI is InChI=1S/C15H27N3OS/c1-13(2)12-18(11-5-10-16-3)17-20-15-8-6-14(19-4)7-9-15/h6-9,13,16-17H,5,10-12H2,1-4H3. The Balaban J connectivity index is 2.42. The summed E-state index contributed by atoms with van der Waals surface area (Å²) in [6, 6.07) is 8.10. The molecule has 0 aromatic heterocycles. The highest BCUT2D eigenvalue weighted by Gasteiger charge is 2.07. The van der Waals surface area contributed by atoms with Crippen LogP contribution in [0.4, 0.5) is 0 Å². The van der Waals surface area contributed by atoms with Crippen LogP contribution in [0.25, 0.3) is 0 Å². The second-order valence-electron chi connectivity index (χ2n) is 5.17. The molecule has 20 heavy (non-hydrogen) atoms. The van der Waals surface area contributed by atoms with Gasteiger partial charge in [0.25, 0.3) is 0 Å². The molecule has 0 saturated heterocycles. The van der Waals surface area contributed by atoms with Crippen LogP contribution >= 0.6 is 11.9 Å². The third-order valence-electron chi connectivity index (χ3n) is 2.79. The van der Waals surface area contributed by atoms with E-state index in [2.05, 4.69) is 41.1 Å². The molecule has 0 aliphatic carbocycles. The number of nitrogens with zero attached hydrogens (tertiary/aromatic N) is 1. The van der Waals surface area contributed by atoms with Gasteiger partial charge >= 0.3 is 0 Å². The SMILES string of the molecule is CNCCCN(CC(C)C)NSc1ccc(OC)cc1. The Bertz CT molecular complexity index is 357. The molecular weight excluding hydrogens is 270 g/mol. The lowest BCUT2D eigenvalue weighted by Crippen LogP contribution is -2.38. The molecule has 0 fully saturated rings. The Morgan fingerprint density at radius 1 is 1.25 bits per heavy atom. The number of hydrazine groups is 1. The molecule has 0 spiro atoms. The molecule has 0 heterocycles. The van der Waals surface area contributed by atoms with Crippen LogP contribution in [0.15, 0.2) is 29.2 Å². The van der Waals surface area contributed by atoms with Crippen molar-refractivity contribution in [1.29, 1.82) is 0 Å². The monoisotopic (exact) mass is 297 g/mol. The number of benzene rings is 1. The van der Waals surface area contributed by atoms with Crippen molar-refractivity contribution in [2.24, 2.45) is 5.92 Å². The summed E-state index contributed by atoms with van der Waals surface area (Å²) in [6.07, 6.45) is 1.14. The summed E-state index contributed by atoms with van der Waals surface area (Å²) in [4.78, 5) is 4.63. The minimum atomic E-state index is 0.647. The Morgan fingerprint density at radius 3 is 2.50 bits per heavy atom. The zero-order valence-electron chi connectivity index (χ0n) is 13.0. The van der Waals surface area contributed by atoms with Crippen molar-refractivity contribution in [3.05, 3.63) is 24.3 Å². The van der Waals surface area contributed by atoms with Gasteiger partial charge in [0.15, 0.2) is 0 Å². The Labute approximate surface area is 127 Å². The van der Waals surface area contributed by atoms with Crippen molar-refractivity contribution >= 4 is 11.9 Å². The molecule has 0 radical (unpaired) electrons. The Morgan fingerprint density at radius 2 is 1.95 bits per heavy atom. The first kappa shape index (κ1) is 17.3. The largest absolute Gasteiger partial charge is 0.497 e. The smallest absolute Gasteiger partial charge is 0.118 e. The summed E-state index contributed by atoms with van der Waals surface area (Å²) in [5, 5.41) is 5.48. The lowest BCUT2D eigenvalue weighted by Gasteiger charge is -2.24.